The molecular formula is C14H18BrNO4. The predicted octanol–water partition coefficient (Wildman–Crippen LogP) is 3.89. The fourth-order valence-corrected chi connectivity index (χ4v) is 2.17. The summed E-state index contributed by atoms with van der Waals surface area (Å²) in [5.74, 6) is -0.470. The van der Waals surface area contributed by atoms with Gasteiger partial charge in [-0.2, -0.15) is 0 Å². The van der Waals surface area contributed by atoms with Crippen molar-refractivity contribution in [3.63, 3.8) is 0 Å². The van der Waals surface area contributed by atoms with Crippen LogP contribution in [-0.2, 0) is 9.47 Å². The summed E-state index contributed by atoms with van der Waals surface area (Å²) in [6, 6.07) is 3.36. The van der Waals surface area contributed by atoms with Crippen LogP contribution in [0.2, 0.25) is 0 Å². The minimum absolute atomic E-state index is 0.376. The number of halogens is 1. The quantitative estimate of drug-likeness (QED) is 0.827. The van der Waals surface area contributed by atoms with E-state index in [0.717, 1.165) is 0 Å². The van der Waals surface area contributed by atoms with Gasteiger partial charge in [-0.3, -0.25) is 5.32 Å². The molecule has 5 nitrogen and oxygen atoms in total. The molecule has 0 saturated carbocycles. The van der Waals surface area contributed by atoms with Gasteiger partial charge in [0.25, 0.3) is 0 Å². The monoisotopic (exact) mass is 343 g/mol. The standard InChI is InChI=1S/C14H18BrNO4/c1-8-10(16-13(18)20-14(2,3)4)7-6-9(15)11(8)12(17)19-5/h6-7H,1-5H3,(H,16,18). The van der Waals surface area contributed by atoms with E-state index in [0.29, 0.717) is 21.3 Å². The molecule has 6 heteroatoms. The zero-order valence-electron chi connectivity index (χ0n) is 12.2. The summed E-state index contributed by atoms with van der Waals surface area (Å²) < 4.78 is 10.5. The number of carbonyl (C=O) groups excluding carboxylic acids is 2. The van der Waals surface area contributed by atoms with Crippen molar-refractivity contribution in [2.24, 2.45) is 0 Å². The molecule has 0 atom stereocenters. The number of rotatable bonds is 2. The third-order valence-electron chi connectivity index (χ3n) is 2.44. The highest BCUT2D eigenvalue weighted by Gasteiger charge is 2.20. The minimum atomic E-state index is -0.585. The molecule has 0 radical (unpaired) electrons. The van der Waals surface area contributed by atoms with Crippen LogP contribution >= 0.6 is 15.9 Å². The number of anilines is 1. The fourth-order valence-electron chi connectivity index (χ4n) is 1.58. The molecule has 1 amide bonds. The Balaban J connectivity index is 3.04. The van der Waals surface area contributed by atoms with Crippen LogP contribution < -0.4 is 5.32 Å². The lowest BCUT2D eigenvalue weighted by molar-refractivity contribution is 0.0594. The van der Waals surface area contributed by atoms with Gasteiger partial charge in [0.05, 0.1) is 12.7 Å². The van der Waals surface area contributed by atoms with Crippen molar-refractivity contribution >= 4 is 33.7 Å². The maximum absolute atomic E-state index is 11.8. The van der Waals surface area contributed by atoms with E-state index >= 15 is 0 Å². The largest absolute Gasteiger partial charge is 0.465 e. The van der Waals surface area contributed by atoms with Gasteiger partial charge < -0.3 is 9.47 Å². The number of ether oxygens (including phenoxy) is 2. The van der Waals surface area contributed by atoms with Crippen LogP contribution in [0.15, 0.2) is 16.6 Å². The van der Waals surface area contributed by atoms with E-state index in [1.807, 2.05) is 0 Å². The summed E-state index contributed by atoms with van der Waals surface area (Å²) in [6.07, 6.45) is -0.571. The summed E-state index contributed by atoms with van der Waals surface area (Å²) >= 11 is 3.29. The van der Waals surface area contributed by atoms with E-state index in [1.165, 1.54) is 7.11 Å². The van der Waals surface area contributed by atoms with Gasteiger partial charge in [-0.15, -0.1) is 0 Å². The van der Waals surface area contributed by atoms with Crippen LogP contribution in [-0.4, -0.2) is 24.8 Å². The molecule has 1 N–H and O–H groups in total. The van der Waals surface area contributed by atoms with Gasteiger partial charge in [0.2, 0.25) is 0 Å². The van der Waals surface area contributed by atoms with Crippen LogP contribution in [0, 0.1) is 6.92 Å². The summed E-state index contributed by atoms with van der Waals surface area (Å²) in [5, 5.41) is 2.62. The lowest BCUT2D eigenvalue weighted by Gasteiger charge is -2.20. The molecule has 0 spiro atoms. The van der Waals surface area contributed by atoms with E-state index in [9.17, 15) is 9.59 Å². The van der Waals surface area contributed by atoms with Gasteiger partial charge in [0, 0.05) is 10.2 Å². The van der Waals surface area contributed by atoms with Crippen LogP contribution in [0.5, 0.6) is 0 Å². The average molecular weight is 344 g/mol. The topological polar surface area (TPSA) is 64.6 Å². The Morgan fingerprint density at radius 3 is 2.35 bits per heavy atom. The van der Waals surface area contributed by atoms with E-state index in [4.69, 9.17) is 9.47 Å². The highest BCUT2D eigenvalue weighted by atomic mass is 79.9. The molecule has 0 heterocycles. The highest BCUT2D eigenvalue weighted by molar-refractivity contribution is 9.10. The third-order valence-corrected chi connectivity index (χ3v) is 3.10. The number of esters is 1. The second-order valence-electron chi connectivity index (χ2n) is 5.21. The first-order valence-corrected chi connectivity index (χ1v) is 6.82. The maximum Gasteiger partial charge on any atom is 0.412 e. The zero-order chi connectivity index (χ0) is 15.5. The van der Waals surface area contributed by atoms with Gasteiger partial charge >= 0.3 is 12.1 Å². The SMILES string of the molecule is COC(=O)c1c(Br)ccc(NC(=O)OC(C)(C)C)c1C. The molecule has 20 heavy (non-hydrogen) atoms. The van der Waals surface area contributed by atoms with Crippen molar-refractivity contribution in [3.05, 3.63) is 27.7 Å². The van der Waals surface area contributed by atoms with Crippen molar-refractivity contribution in [1.29, 1.82) is 0 Å². The van der Waals surface area contributed by atoms with Crippen LogP contribution in [0.1, 0.15) is 36.7 Å². The van der Waals surface area contributed by atoms with Crippen molar-refractivity contribution in [2.45, 2.75) is 33.3 Å². The minimum Gasteiger partial charge on any atom is -0.465 e. The van der Waals surface area contributed by atoms with Crippen molar-refractivity contribution < 1.29 is 19.1 Å². The smallest absolute Gasteiger partial charge is 0.412 e. The molecular weight excluding hydrogens is 326 g/mol. The normalized spacial score (nSPS) is 10.9. The highest BCUT2D eigenvalue weighted by Crippen LogP contribution is 2.27. The zero-order valence-corrected chi connectivity index (χ0v) is 13.8. The Bertz CT molecular complexity index is 535. The Hall–Kier alpha value is -1.56. The molecule has 0 bridgehead atoms. The lowest BCUT2D eigenvalue weighted by Crippen LogP contribution is -2.27. The first kappa shape index (κ1) is 16.5. The molecule has 0 aromatic heterocycles. The fraction of sp³-hybridized carbons (Fsp3) is 0.429. The Morgan fingerprint density at radius 2 is 1.85 bits per heavy atom. The Morgan fingerprint density at radius 1 is 1.25 bits per heavy atom. The predicted molar refractivity (Wildman–Crippen MR) is 80.1 cm³/mol. The Labute approximate surface area is 126 Å². The number of hydrogen-bond acceptors (Lipinski definition) is 4. The summed E-state index contributed by atoms with van der Waals surface area (Å²) in [5.41, 5.74) is 0.902. The number of hydrogen-bond donors (Lipinski definition) is 1. The molecule has 0 aliphatic carbocycles. The van der Waals surface area contributed by atoms with Crippen LogP contribution in [0.4, 0.5) is 10.5 Å². The van der Waals surface area contributed by atoms with Crippen molar-refractivity contribution in [3.8, 4) is 0 Å². The average Bonchev–Trinajstić information content (AvgIpc) is 2.30. The van der Waals surface area contributed by atoms with Gasteiger partial charge in [-0.1, -0.05) is 0 Å². The molecule has 0 fully saturated rings. The van der Waals surface area contributed by atoms with E-state index in [1.54, 1.807) is 39.8 Å². The van der Waals surface area contributed by atoms with Gasteiger partial charge in [0.1, 0.15) is 5.60 Å². The second kappa shape index (κ2) is 6.26. The van der Waals surface area contributed by atoms with Gasteiger partial charge in [-0.25, -0.2) is 9.59 Å². The summed E-state index contributed by atoms with van der Waals surface area (Å²) in [6.45, 7) is 7.06. The molecule has 0 unspecified atom stereocenters. The molecule has 1 rings (SSSR count). The van der Waals surface area contributed by atoms with Crippen molar-refractivity contribution in [1.82, 2.24) is 0 Å². The summed E-state index contributed by atoms with van der Waals surface area (Å²) in [4.78, 5) is 23.5. The van der Waals surface area contributed by atoms with Crippen LogP contribution in [0.3, 0.4) is 0 Å². The lowest BCUT2D eigenvalue weighted by atomic mass is 10.1. The van der Waals surface area contributed by atoms with E-state index < -0.39 is 17.7 Å². The second-order valence-corrected chi connectivity index (χ2v) is 6.07. The third kappa shape index (κ3) is 4.23. The molecule has 0 saturated heterocycles. The molecule has 1 aromatic carbocycles. The number of methoxy groups -OCH3 is 1. The van der Waals surface area contributed by atoms with Crippen LogP contribution in [0.25, 0.3) is 0 Å². The first-order chi connectivity index (χ1) is 9.15. The summed E-state index contributed by atoms with van der Waals surface area (Å²) in [7, 11) is 1.31. The number of amides is 1. The van der Waals surface area contributed by atoms with Gasteiger partial charge in [-0.05, 0) is 61.3 Å². The molecule has 0 aliphatic heterocycles. The molecule has 0 aliphatic rings. The number of carbonyl (C=O) groups is 2. The van der Waals surface area contributed by atoms with Gasteiger partial charge in [0.15, 0.2) is 0 Å². The number of nitrogens with one attached hydrogen (secondary N) is 1. The first-order valence-electron chi connectivity index (χ1n) is 6.03. The molecule has 1 aromatic rings. The van der Waals surface area contributed by atoms with Crippen molar-refractivity contribution in [2.75, 3.05) is 12.4 Å². The Kier molecular flexibility index (Phi) is 5.16. The maximum atomic E-state index is 11.8. The van der Waals surface area contributed by atoms with E-state index in [2.05, 4.69) is 21.2 Å². The number of benzene rings is 1. The van der Waals surface area contributed by atoms with E-state index in [-0.39, 0.29) is 0 Å². The molecule has 110 valence electrons.